The molecule has 0 unspecified atom stereocenters. The number of nitrogens with one attached hydrogen (secondary N) is 1. The second-order valence-corrected chi connectivity index (χ2v) is 5.84. The van der Waals surface area contributed by atoms with Crippen molar-refractivity contribution in [3.8, 4) is 0 Å². The van der Waals surface area contributed by atoms with Crippen molar-refractivity contribution < 1.29 is 14.4 Å². The summed E-state index contributed by atoms with van der Waals surface area (Å²) in [6, 6.07) is 6.70. The van der Waals surface area contributed by atoms with Gasteiger partial charge in [-0.1, -0.05) is 0 Å². The molecule has 1 N–H and O–H groups in total. The lowest BCUT2D eigenvalue weighted by Crippen LogP contribution is -2.52. The number of anilines is 1. The fraction of sp³-hybridized carbons (Fsp3) is 0.471. The third-order valence-electron chi connectivity index (χ3n) is 4.18. The number of amides is 2. The summed E-state index contributed by atoms with van der Waals surface area (Å²) >= 11 is 0. The first-order valence-corrected chi connectivity index (χ1v) is 7.80. The number of hydrogen-bond donors (Lipinski definition) is 1. The lowest BCUT2D eigenvalue weighted by molar-refractivity contribution is -0.130. The van der Waals surface area contributed by atoms with Crippen LogP contribution in [0.1, 0.15) is 31.1 Å². The SMILES string of the molecule is CC(=O)Nc1ccc(C(=O)[C@H](C)N2CCN(C(C)=O)CC2)cc1. The van der Waals surface area contributed by atoms with Gasteiger partial charge in [0.2, 0.25) is 11.8 Å². The van der Waals surface area contributed by atoms with E-state index in [9.17, 15) is 14.4 Å². The molecule has 0 saturated carbocycles. The molecule has 124 valence electrons. The summed E-state index contributed by atoms with van der Waals surface area (Å²) in [6.07, 6.45) is 0. The topological polar surface area (TPSA) is 69.7 Å². The van der Waals surface area contributed by atoms with E-state index in [4.69, 9.17) is 0 Å². The van der Waals surface area contributed by atoms with Gasteiger partial charge in [0.05, 0.1) is 6.04 Å². The molecule has 1 atom stereocenters. The minimum absolute atomic E-state index is 0.0515. The Morgan fingerprint density at radius 2 is 1.57 bits per heavy atom. The lowest BCUT2D eigenvalue weighted by atomic mass is 10.0. The highest BCUT2D eigenvalue weighted by molar-refractivity contribution is 6.00. The Morgan fingerprint density at radius 1 is 1.00 bits per heavy atom. The second-order valence-electron chi connectivity index (χ2n) is 5.84. The van der Waals surface area contributed by atoms with Crippen LogP contribution >= 0.6 is 0 Å². The van der Waals surface area contributed by atoms with Crippen molar-refractivity contribution in [2.75, 3.05) is 31.5 Å². The van der Waals surface area contributed by atoms with Gasteiger partial charge in [0.25, 0.3) is 0 Å². The average molecular weight is 317 g/mol. The van der Waals surface area contributed by atoms with Crippen LogP contribution in [0.5, 0.6) is 0 Å². The zero-order valence-electron chi connectivity index (χ0n) is 13.8. The Hall–Kier alpha value is -2.21. The van der Waals surface area contributed by atoms with Gasteiger partial charge in [-0.25, -0.2) is 0 Å². The number of carbonyl (C=O) groups is 3. The predicted octanol–water partition coefficient (Wildman–Crippen LogP) is 1.38. The number of piperazine rings is 1. The quantitative estimate of drug-likeness (QED) is 0.852. The van der Waals surface area contributed by atoms with Gasteiger partial charge in [-0.3, -0.25) is 19.3 Å². The molecule has 1 fully saturated rings. The molecule has 1 aromatic rings. The fourth-order valence-corrected chi connectivity index (χ4v) is 2.75. The smallest absolute Gasteiger partial charge is 0.221 e. The van der Waals surface area contributed by atoms with E-state index >= 15 is 0 Å². The molecule has 1 aliphatic rings. The molecule has 0 aromatic heterocycles. The molecule has 1 saturated heterocycles. The zero-order chi connectivity index (χ0) is 17.0. The molecule has 2 amide bonds. The summed E-state index contributed by atoms with van der Waals surface area (Å²) in [6.45, 7) is 7.64. The van der Waals surface area contributed by atoms with Gasteiger partial charge in [0, 0.05) is 51.3 Å². The van der Waals surface area contributed by atoms with Crippen molar-refractivity contribution >= 4 is 23.3 Å². The Morgan fingerprint density at radius 3 is 2.04 bits per heavy atom. The van der Waals surface area contributed by atoms with Gasteiger partial charge >= 0.3 is 0 Å². The molecule has 0 spiro atoms. The maximum absolute atomic E-state index is 12.6. The van der Waals surface area contributed by atoms with E-state index in [2.05, 4.69) is 10.2 Å². The average Bonchev–Trinajstić information content (AvgIpc) is 2.53. The Kier molecular flexibility index (Phi) is 5.50. The highest BCUT2D eigenvalue weighted by Crippen LogP contribution is 2.15. The van der Waals surface area contributed by atoms with Crippen LogP contribution in [-0.4, -0.2) is 59.6 Å². The first-order chi connectivity index (χ1) is 10.9. The largest absolute Gasteiger partial charge is 0.340 e. The van der Waals surface area contributed by atoms with Crippen molar-refractivity contribution in [2.24, 2.45) is 0 Å². The molecule has 1 aliphatic heterocycles. The van der Waals surface area contributed by atoms with Gasteiger partial charge < -0.3 is 10.2 Å². The summed E-state index contributed by atoms with van der Waals surface area (Å²) in [5.41, 5.74) is 1.30. The van der Waals surface area contributed by atoms with E-state index < -0.39 is 0 Å². The summed E-state index contributed by atoms with van der Waals surface area (Å²) in [7, 11) is 0. The maximum Gasteiger partial charge on any atom is 0.221 e. The van der Waals surface area contributed by atoms with Gasteiger partial charge in [0.1, 0.15) is 0 Å². The van der Waals surface area contributed by atoms with Gasteiger partial charge in [-0.05, 0) is 31.2 Å². The minimum Gasteiger partial charge on any atom is -0.340 e. The molecule has 0 aliphatic carbocycles. The Bertz CT molecular complexity index is 590. The summed E-state index contributed by atoms with van der Waals surface area (Å²) in [5.74, 6) is -0.00590. The molecular weight excluding hydrogens is 294 g/mol. The third-order valence-corrected chi connectivity index (χ3v) is 4.18. The van der Waals surface area contributed by atoms with Crippen LogP contribution in [0, 0.1) is 0 Å². The van der Waals surface area contributed by atoms with Gasteiger partial charge in [0.15, 0.2) is 5.78 Å². The van der Waals surface area contributed by atoms with Crippen LogP contribution in [0.3, 0.4) is 0 Å². The summed E-state index contributed by atoms with van der Waals surface area (Å²) in [4.78, 5) is 38.8. The lowest BCUT2D eigenvalue weighted by Gasteiger charge is -2.37. The van der Waals surface area contributed by atoms with E-state index in [1.807, 2.05) is 6.92 Å². The summed E-state index contributed by atoms with van der Waals surface area (Å²) < 4.78 is 0. The molecule has 0 radical (unpaired) electrons. The number of carbonyl (C=O) groups excluding carboxylic acids is 3. The van der Waals surface area contributed by atoms with E-state index in [1.165, 1.54) is 6.92 Å². The monoisotopic (exact) mass is 317 g/mol. The number of nitrogens with zero attached hydrogens (tertiary/aromatic N) is 2. The fourth-order valence-electron chi connectivity index (χ4n) is 2.75. The van der Waals surface area contributed by atoms with Crippen molar-refractivity contribution in [3.05, 3.63) is 29.8 Å². The number of hydrogen-bond acceptors (Lipinski definition) is 4. The minimum atomic E-state index is -0.226. The van der Waals surface area contributed by atoms with Crippen LogP contribution in [0.4, 0.5) is 5.69 Å². The van der Waals surface area contributed by atoms with Crippen molar-refractivity contribution in [1.82, 2.24) is 9.80 Å². The third kappa shape index (κ3) is 4.39. The van der Waals surface area contributed by atoms with E-state index in [-0.39, 0.29) is 23.6 Å². The normalized spacial score (nSPS) is 16.7. The highest BCUT2D eigenvalue weighted by atomic mass is 16.2. The molecule has 6 nitrogen and oxygen atoms in total. The molecule has 1 heterocycles. The molecule has 23 heavy (non-hydrogen) atoms. The van der Waals surface area contributed by atoms with Crippen molar-refractivity contribution in [2.45, 2.75) is 26.8 Å². The van der Waals surface area contributed by atoms with Crippen LogP contribution < -0.4 is 5.32 Å². The molecule has 6 heteroatoms. The van der Waals surface area contributed by atoms with Crippen molar-refractivity contribution in [1.29, 1.82) is 0 Å². The first kappa shape index (κ1) is 17.1. The van der Waals surface area contributed by atoms with Crippen LogP contribution in [0.2, 0.25) is 0 Å². The molecule has 0 bridgehead atoms. The van der Waals surface area contributed by atoms with Crippen LogP contribution in [-0.2, 0) is 9.59 Å². The van der Waals surface area contributed by atoms with Crippen LogP contribution in [0.15, 0.2) is 24.3 Å². The molecular formula is C17H23N3O3. The molecule has 2 rings (SSSR count). The number of benzene rings is 1. The van der Waals surface area contributed by atoms with Gasteiger partial charge in [-0.2, -0.15) is 0 Å². The number of ketones is 1. The summed E-state index contributed by atoms with van der Waals surface area (Å²) in [5, 5.41) is 2.68. The second kappa shape index (κ2) is 7.37. The van der Waals surface area contributed by atoms with Crippen molar-refractivity contribution in [3.63, 3.8) is 0 Å². The molecule has 1 aromatic carbocycles. The van der Waals surface area contributed by atoms with E-state index in [1.54, 1.807) is 36.1 Å². The predicted molar refractivity (Wildman–Crippen MR) is 88.4 cm³/mol. The van der Waals surface area contributed by atoms with E-state index in [0.717, 1.165) is 0 Å². The van der Waals surface area contributed by atoms with E-state index in [0.29, 0.717) is 37.4 Å². The maximum atomic E-state index is 12.6. The number of Topliss-reactive ketones (excluding diaryl/α,β-unsaturated/α-hetero) is 1. The van der Waals surface area contributed by atoms with Crippen LogP contribution in [0.25, 0.3) is 0 Å². The Balaban J connectivity index is 1.97. The van der Waals surface area contributed by atoms with Gasteiger partial charge in [-0.15, -0.1) is 0 Å². The highest BCUT2D eigenvalue weighted by Gasteiger charge is 2.26. The number of rotatable bonds is 4. The standard InChI is InChI=1S/C17H23N3O3/c1-12(19-8-10-20(11-9-19)14(3)22)17(23)15-4-6-16(7-5-15)18-13(2)21/h4-7,12H,8-11H2,1-3H3,(H,18,21)/t12-/m0/s1. The zero-order valence-corrected chi connectivity index (χ0v) is 13.8. The Labute approximate surface area is 136 Å². The first-order valence-electron chi connectivity index (χ1n) is 7.80.